The van der Waals surface area contributed by atoms with E-state index < -0.39 is 16.1 Å². The fourth-order valence-electron chi connectivity index (χ4n) is 3.60. The zero-order chi connectivity index (χ0) is 18.9. The average Bonchev–Trinajstić information content (AvgIpc) is 2.55. The normalized spacial score (nSPS) is 20.8. The van der Waals surface area contributed by atoms with Gasteiger partial charge in [-0.25, -0.2) is 13.2 Å². The molecule has 2 aromatic rings. The van der Waals surface area contributed by atoms with Gasteiger partial charge in [-0.15, -0.1) is 0 Å². The summed E-state index contributed by atoms with van der Waals surface area (Å²) in [5.41, 5.74) is 0.289. The molecule has 140 valence electrons. The molecule has 1 fully saturated rings. The van der Waals surface area contributed by atoms with E-state index in [9.17, 15) is 13.2 Å². The predicted molar refractivity (Wildman–Crippen MR) is 103 cm³/mol. The molecule has 2 aromatic carbocycles. The summed E-state index contributed by atoms with van der Waals surface area (Å²) in [6.45, 7) is 5.52. The van der Waals surface area contributed by atoms with Crippen molar-refractivity contribution < 1.29 is 17.9 Å². The van der Waals surface area contributed by atoms with Crippen LogP contribution in [0.2, 0.25) is 0 Å². The van der Waals surface area contributed by atoms with E-state index in [4.69, 9.17) is 4.74 Å². The number of nitrogens with zero attached hydrogens (tertiary/aromatic N) is 1. The van der Waals surface area contributed by atoms with Gasteiger partial charge < -0.3 is 9.64 Å². The van der Waals surface area contributed by atoms with E-state index in [1.165, 1.54) is 0 Å². The van der Waals surface area contributed by atoms with E-state index in [1.54, 1.807) is 17.0 Å². The van der Waals surface area contributed by atoms with Crippen molar-refractivity contribution in [2.24, 2.45) is 11.8 Å². The van der Waals surface area contributed by atoms with Gasteiger partial charge in [-0.3, -0.25) is 4.72 Å². The molecule has 2 atom stereocenters. The summed E-state index contributed by atoms with van der Waals surface area (Å²) in [7, 11) is -3.52. The maximum absolute atomic E-state index is 12.6. The highest BCUT2D eigenvalue weighted by Gasteiger charge is 2.27. The minimum atomic E-state index is -3.52. The number of rotatable bonds is 3. The number of anilines is 1. The third-order valence-electron chi connectivity index (χ3n) is 4.50. The van der Waals surface area contributed by atoms with Crippen molar-refractivity contribution in [3.8, 4) is 5.75 Å². The summed E-state index contributed by atoms with van der Waals surface area (Å²) < 4.78 is 31.7. The molecule has 1 N–H and O–H groups in total. The zero-order valence-electron chi connectivity index (χ0n) is 15.2. The Kier molecular flexibility index (Phi) is 5.09. The van der Waals surface area contributed by atoms with Crippen LogP contribution >= 0.6 is 0 Å². The molecule has 7 heteroatoms. The number of carbonyl (C=O) groups excluding carboxylic acids is 1. The third-order valence-corrected chi connectivity index (χ3v) is 5.08. The van der Waals surface area contributed by atoms with Crippen LogP contribution in [0.1, 0.15) is 20.3 Å². The van der Waals surface area contributed by atoms with Gasteiger partial charge in [0.1, 0.15) is 0 Å². The topological polar surface area (TPSA) is 75.7 Å². The van der Waals surface area contributed by atoms with Crippen LogP contribution in [0.5, 0.6) is 5.75 Å². The number of benzene rings is 2. The fourth-order valence-corrected chi connectivity index (χ4v) is 4.18. The van der Waals surface area contributed by atoms with Gasteiger partial charge >= 0.3 is 6.09 Å². The van der Waals surface area contributed by atoms with Gasteiger partial charge in [0.25, 0.3) is 0 Å². The van der Waals surface area contributed by atoms with Crippen molar-refractivity contribution in [3.63, 3.8) is 0 Å². The number of likely N-dealkylation sites (tertiary alicyclic amines) is 1. The molecule has 1 aliphatic heterocycles. The summed E-state index contributed by atoms with van der Waals surface area (Å²) in [6, 6.07) is 10.8. The van der Waals surface area contributed by atoms with Gasteiger partial charge in [0.2, 0.25) is 10.0 Å². The highest BCUT2D eigenvalue weighted by atomic mass is 32.2. The number of fused-ring (bicyclic) bond motifs is 1. The van der Waals surface area contributed by atoms with E-state index in [0.29, 0.717) is 30.3 Å². The molecule has 6 nitrogen and oxygen atoms in total. The molecule has 0 spiro atoms. The number of hydrogen-bond donors (Lipinski definition) is 1. The van der Waals surface area contributed by atoms with Crippen molar-refractivity contribution in [2.75, 3.05) is 24.1 Å². The van der Waals surface area contributed by atoms with E-state index in [-0.39, 0.29) is 11.4 Å². The van der Waals surface area contributed by atoms with Crippen molar-refractivity contribution in [3.05, 3.63) is 36.4 Å². The monoisotopic (exact) mass is 376 g/mol. The van der Waals surface area contributed by atoms with Gasteiger partial charge in [0.05, 0.1) is 11.9 Å². The number of amides is 1. The molecule has 1 amide bonds. The second-order valence-corrected chi connectivity index (χ2v) is 9.00. The highest BCUT2D eigenvalue weighted by molar-refractivity contribution is 7.92. The standard InChI is InChI=1S/C19H24N2O4S/c1-13-10-14(2)12-21(11-13)19(22)25-17-9-8-15-6-4-5-7-16(15)18(17)20-26(3,23)24/h4-9,13-14,20H,10-12H2,1-3H3. The van der Waals surface area contributed by atoms with Crippen LogP contribution in [-0.2, 0) is 10.0 Å². The molecular weight excluding hydrogens is 352 g/mol. The van der Waals surface area contributed by atoms with Crippen LogP contribution in [0.4, 0.5) is 10.5 Å². The lowest BCUT2D eigenvalue weighted by Crippen LogP contribution is -2.44. The molecule has 0 aromatic heterocycles. The average molecular weight is 376 g/mol. The molecule has 1 saturated heterocycles. The Labute approximate surface area is 154 Å². The van der Waals surface area contributed by atoms with E-state index >= 15 is 0 Å². The first-order chi connectivity index (χ1) is 12.2. The molecule has 3 rings (SSSR count). The zero-order valence-corrected chi connectivity index (χ0v) is 16.0. The van der Waals surface area contributed by atoms with Crippen LogP contribution in [0.25, 0.3) is 10.8 Å². The molecule has 0 bridgehead atoms. The quantitative estimate of drug-likeness (QED) is 0.886. The Morgan fingerprint density at radius 1 is 1.12 bits per heavy atom. The Hall–Kier alpha value is -2.28. The minimum absolute atomic E-state index is 0.213. The third kappa shape index (κ3) is 4.27. The SMILES string of the molecule is CC1CC(C)CN(C(=O)Oc2ccc3ccccc3c2NS(C)(=O)=O)C1. The van der Waals surface area contributed by atoms with Crippen molar-refractivity contribution in [1.29, 1.82) is 0 Å². The maximum Gasteiger partial charge on any atom is 0.415 e. The van der Waals surface area contributed by atoms with Gasteiger partial charge in [0.15, 0.2) is 5.75 Å². The smallest absolute Gasteiger partial charge is 0.408 e. The van der Waals surface area contributed by atoms with Crippen LogP contribution in [-0.4, -0.2) is 38.8 Å². The van der Waals surface area contributed by atoms with Crippen molar-refractivity contribution in [1.82, 2.24) is 4.90 Å². The summed E-state index contributed by atoms with van der Waals surface area (Å²) in [5, 5.41) is 1.54. The first-order valence-electron chi connectivity index (χ1n) is 8.69. The number of hydrogen-bond acceptors (Lipinski definition) is 4. The molecule has 2 unspecified atom stereocenters. The van der Waals surface area contributed by atoms with Crippen molar-refractivity contribution in [2.45, 2.75) is 20.3 Å². The highest BCUT2D eigenvalue weighted by Crippen LogP contribution is 2.34. The second kappa shape index (κ2) is 7.15. The Morgan fingerprint density at radius 2 is 1.77 bits per heavy atom. The number of carbonyl (C=O) groups is 1. The summed E-state index contributed by atoms with van der Waals surface area (Å²) in [5.74, 6) is 1.04. The van der Waals surface area contributed by atoms with Gasteiger partial charge in [-0.05, 0) is 29.7 Å². The minimum Gasteiger partial charge on any atom is -0.408 e. The largest absolute Gasteiger partial charge is 0.415 e. The molecule has 26 heavy (non-hydrogen) atoms. The lowest BCUT2D eigenvalue weighted by molar-refractivity contribution is 0.112. The van der Waals surface area contributed by atoms with Crippen LogP contribution in [0.15, 0.2) is 36.4 Å². The Morgan fingerprint density at radius 3 is 2.42 bits per heavy atom. The first-order valence-corrected chi connectivity index (χ1v) is 10.6. The molecule has 1 aliphatic rings. The fraction of sp³-hybridized carbons (Fsp3) is 0.421. The predicted octanol–water partition coefficient (Wildman–Crippen LogP) is 3.69. The molecule has 0 aliphatic carbocycles. The maximum atomic E-state index is 12.6. The Bertz CT molecular complexity index is 916. The van der Waals surface area contributed by atoms with Crippen LogP contribution < -0.4 is 9.46 Å². The second-order valence-electron chi connectivity index (χ2n) is 7.25. The number of piperidine rings is 1. The molecule has 0 radical (unpaired) electrons. The summed E-state index contributed by atoms with van der Waals surface area (Å²) >= 11 is 0. The molecule has 1 heterocycles. The lowest BCUT2D eigenvalue weighted by atomic mass is 9.92. The van der Waals surface area contributed by atoms with Crippen molar-refractivity contribution >= 4 is 32.6 Å². The van der Waals surface area contributed by atoms with Crippen LogP contribution in [0, 0.1) is 11.8 Å². The van der Waals surface area contributed by atoms with Gasteiger partial charge in [0, 0.05) is 18.5 Å². The first kappa shape index (κ1) is 18.5. The molecule has 0 saturated carbocycles. The summed E-state index contributed by atoms with van der Waals surface area (Å²) in [4.78, 5) is 14.3. The number of ether oxygens (including phenoxy) is 1. The van der Waals surface area contributed by atoms with Gasteiger partial charge in [-0.1, -0.05) is 44.2 Å². The Balaban J connectivity index is 1.94. The number of nitrogens with one attached hydrogen (secondary N) is 1. The number of sulfonamides is 1. The van der Waals surface area contributed by atoms with Crippen LogP contribution in [0.3, 0.4) is 0 Å². The van der Waals surface area contributed by atoms with Gasteiger partial charge in [-0.2, -0.15) is 0 Å². The van der Waals surface area contributed by atoms with E-state index in [1.807, 2.05) is 24.3 Å². The van der Waals surface area contributed by atoms with E-state index in [0.717, 1.165) is 18.1 Å². The lowest BCUT2D eigenvalue weighted by Gasteiger charge is -2.34. The van der Waals surface area contributed by atoms with E-state index in [2.05, 4.69) is 18.6 Å². The summed E-state index contributed by atoms with van der Waals surface area (Å²) in [6.07, 6.45) is 1.71. The molecular formula is C19H24N2O4S.